The molecule has 3 heterocycles. The van der Waals surface area contributed by atoms with Crippen LogP contribution >= 0.6 is 11.6 Å². The lowest BCUT2D eigenvalue weighted by atomic mass is 10.2. The van der Waals surface area contributed by atoms with Crippen LogP contribution in [0.4, 0.5) is 0 Å². The summed E-state index contributed by atoms with van der Waals surface area (Å²) >= 11 is 6.02. The molecule has 1 saturated heterocycles. The fourth-order valence-electron chi connectivity index (χ4n) is 3.70. The third kappa shape index (κ3) is 3.65. The first-order chi connectivity index (χ1) is 13.8. The standard InChI is InChI=1S/C19H21ClN4O4S/c1-12-18(13(2)28-22-12)29(26,27)24-7-3-6-23(8-9-24)19(25)17-11-14-10-15(20)4-5-16(14)21-17/h4-5,10-11,21H,3,6-9H2,1-2H3. The molecule has 0 atom stereocenters. The van der Waals surface area contributed by atoms with Gasteiger partial charge in [0.15, 0.2) is 5.76 Å². The number of rotatable bonds is 3. The zero-order chi connectivity index (χ0) is 20.8. The van der Waals surface area contributed by atoms with Gasteiger partial charge in [-0.2, -0.15) is 4.31 Å². The number of aryl methyl sites for hydroxylation is 2. The van der Waals surface area contributed by atoms with Crippen LogP contribution in [0, 0.1) is 13.8 Å². The highest BCUT2D eigenvalue weighted by atomic mass is 35.5. The van der Waals surface area contributed by atoms with E-state index >= 15 is 0 Å². The van der Waals surface area contributed by atoms with Crippen molar-refractivity contribution in [1.29, 1.82) is 0 Å². The molecule has 10 heteroatoms. The number of H-pyrrole nitrogens is 1. The number of amides is 1. The minimum absolute atomic E-state index is 0.116. The van der Waals surface area contributed by atoms with Gasteiger partial charge in [-0.05, 0) is 44.5 Å². The van der Waals surface area contributed by atoms with E-state index in [9.17, 15) is 13.2 Å². The number of hydrogen-bond donors (Lipinski definition) is 1. The number of carbonyl (C=O) groups excluding carboxylic acids is 1. The summed E-state index contributed by atoms with van der Waals surface area (Å²) in [4.78, 5) is 17.9. The van der Waals surface area contributed by atoms with Crippen LogP contribution in [0.1, 0.15) is 28.4 Å². The minimum Gasteiger partial charge on any atom is -0.360 e. The monoisotopic (exact) mass is 436 g/mol. The summed E-state index contributed by atoms with van der Waals surface area (Å²) in [5.74, 6) is 0.116. The molecule has 1 aliphatic rings. The van der Waals surface area contributed by atoms with E-state index in [1.165, 1.54) is 4.31 Å². The highest BCUT2D eigenvalue weighted by molar-refractivity contribution is 7.89. The molecule has 154 valence electrons. The van der Waals surface area contributed by atoms with E-state index < -0.39 is 10.0 Å². The van der Waals surface area contributed by atoms with Gasteiger partial charge in [0.25, 0.3) is 5.91 Å². The summed E-state index contributed by atoms with van der Waals surface area (Å²) in [5, 5.41) is 5.21. The van der Waals surface area contributed by atoms with Crippen molar-refractivity contribution in [2.75, 3.05) is 26.2 Å². The number of fused-ring (bicyclic) bond motifs is 1. The predicted octanol–water partition coefficient (Wildman–Crippen LogP) is 2.96. The summed E-state index contributed by atoms with van der Waals surface area (Å²) in [6.07, 6.45) is 0.542. The molecule has 1 amide bonds. The molecule has 0 radical (unpaired) electrons. The highest BCUT2D eigenvalue weighted by Gasteiger charge is 2.33. The van der Waals surface area contributed by atoms with E-state index in [1.807, 2.05) is 6.07 Å². The van der Waals surface area contributed by atoms with E-state index in [0.29, 0.717) is 42.5 Å². The lowest BCUT2D eigenvalue weighted by molar-refractivity contribution is 0.0759. The fourth-order valence-corrected chi connectivity index (χ4v) is 5.64. The number of nitrogens with one attached hydrogen (secondary N) is 1. The second-order valence-corrected chi connectivity index (χ2v) is 9.43. The maximum absolute atomic E-state index is 13.0. The van der Waals surface area contributed by atoms with Crippen molar-refractivity contribution in [2.24, 2.45) is 0 Å². The molecule has 0 aliphatic carbocycles. The van der Waals surface area contributed by atoms with Gasteiger partial charge in [0, 0.05) is 42.1 Å². The third-order valence-electron chi connectivity index (χ3n) is 5.12. The van der Waals surface area contributed by atoms with Crippen LogP contribution in [0.2, 0.25) is 5.02 Å². The average Bonchev–Trinajstić information content (AvgIpc) is 3.13. The Morgan fingerprint density at radius 2 is 1.97 bits per heavy atom. The number of halogens is 1. The van der Waals surface area contributed by atoms with Crippen molar-refractivity contribution in [3.8, 4) is 0 Å². The number of aromatic amines is 1. The molecule has 0 saturated carbocycles. The van der Waals surface area contributed by atoms with E-state index in [-0.39, 0.29) is 23.1 Å². The SMILES string of the molecule is Cc1noc(C)c1S(=O)(=O)N1CCCN(C(=O)c2cc3cc(Cl)ccc3[nH]2)CC1. The van der Waals surface area contributed by atoms with Crippen LogP contribution in [-0.4, -0.2) is 59.8 Å². The molecule has 2 aromatic heterocycles. The van der Waals surface area contributed by atoms with Gasteiger partial charge in [-0.15, -0.1) is 0 Å². The average molecular weight is 437 g/mol. The van der Waals surface area contributed by atoms with Gasteiger partial charge in [0.2, 0.25) is 10.0 Å². The zero-order valence-corrected chi connectivity index (χ0v) is 17.7. The van der Waals surface area contributed by atoms with Crippen molar-refractivity contribution < 1.29 is 17.7 Å². The Labute approximate surface area is 173 Å². The molecule has 1 aliphatic heterocycles. The number of carbonyl (C=O) groups is 1. The molecule has 3 aromatic rings. The Bertz CT molecular complexity index is 1160. The summed E-state index contributed by atoms with van der Waals surface area (Å²) < 4.78 is 32.5. The van der Waals surface area contributed by atoms with Crippen LogP contribution in [0.15, 0.2) is 33.7 Å². The predicted molar refractivity (Wildman–Crippen MR) is 109 cm³/mol. The second kappa shape index (κ2) is 7.47. The van der Waals surface area contributed by atoms with E-state index in [4.69, 9.17) is 16.1 Å². The molecule has 1 aromatic carbocycles. The normalized spacial score (nSPS) is 16.3. The Morgan fingerprint density at radius 3 is 2.69 bits per heavy atom. The fraction of sp³-hybridized carbons (Fsp3) is 0.368. The van der Waals surface area contributed by atoms with Crippen molar-refractivity contribution in [2.45, 2.75) is 25.2 Å². The van der Waals surface area contributed by atoms with Gasteiger partial charge < -0.3 is 14.4 Å². The quantitative estimate of drug-likeness (QED) is 0.680. The summed E-state index contributed by atoms with van der Waals surface area (Å²) in [5.41, 5.74) is 1.64. The first-order valence-electron chi connectivity index (χ1n) is 9.28. The van der Waals surface area contributed by atoms with E-state index in [0.717, 1.165) is 10.9 Å². The van der Waals surface area contributed by atoms with E-state index in [1.54, 1.807) is 36.9 Å². The zero-order valence-electron chi connectivity index (χ0n) is 16.1. The van der Waals surface area contributed by atoms with Gasteiger partial charge in [-0.25, -0.2) is 8.42 Å². The second-order valence-electron chi connectivity index (χ2n) is 7.12. The van der Waals surface area contributed by atoms with Crippen LogP contribution in [0.5, 0.6) is 0 Å². The molecule has 0 bridgehead atoms. The number of sulfonamides is 1. The Balaban J connectivity index is 1.53. The Kier molecular flexibility index (Phi) is 5.14. The molecule has 29 heavy (non-hydrogen) atoms. The van der Waals surface area contributed by atoms with Gasteiger partial charge in [-0.1, -0.05) is 16.8 Å². The van der Waals surface area contributed by atoms with Crippen LogP contribution in [0.25, 0.3) is 10.9 Å². The van der Waals surface area contributed by atoms with Gasteiger partial charge in [-0.3, -0.25) is 4.79 Å². The van der Waals surface area contributed by atoms with Crippen LogP contribution < -0.4 is 0 Å². The van der Waals surface area contributed by atoms with Crippen molar-refractivity contribution in [3.05, 3.63) is 46.4 Å². The number of hydrogen-bond acceptors (Lipinski definition) is 5. The van der Waals surface area contributed by atoms with Crippen LogP contribution in [-0.2, 0) is 10.0 Å². The first kappa shape index (κ1) is 19.9. The molecule has 1 fully saturated rings. The Hall–Kier alpha value is -2.36. The number of aromatic nitrogens is 2. The molecule has 4 rings (SSSR count). The topological polar surface area (TPSA) is 99.5 Å². The Morgan fingerprint density at radius 1 is 1.17 bits per heavy atom. The molecule has 0 spiro atoms. The molecular formula is C19H21ClN4O4S. The third-order valence-corrected chi connectivity index (χ3v) is 7.50. The molecule has 8 nitrogen and oxygen atoms in total. The van der Waals surface area contributed by atoms with E-state index in [2.05, 4.69) is 10.1 Å². The maximum Gasteiger partial charge on any atom is 0.270 e. The number of benzene rings is 1. The highest BCUT2D eigenvalue weighted by Crippen LogP contribution is 2.25. The lowest BCUT2D eigenvalue weighted by Gasteiger charge is -2.21. The lowest BCUT2D eigenvalue weighted by Crippen LogP contribution is -2.37. The van der Waals surface area contributed by atoms with Crippen LogP contribution in [0.3, 0.4) is 0 Å². The van der Waals surface area contributed by atoms with Crippen molar-refractivity contribution in [3.63, 3.8) is 0 Å². The van der Waals surface area contributed by atoms with Gasteiger partial charge >= 0.3 is 0 Å². The largest absolute Gasteiger partial charge is 0.360 e. The minimum atomic E-state index is -3.73. The molecular weight excluding hydrogens is 416 g/mol. The molecule has 1 N–H and O–H groups in total. The van der Waals surface area contributed by atoms with Crippen molar-refractivity contribution >= 4 is 38.4 Å². The summed E-state index contributed by atoms with van der Waals surface area (Å²) in [6, 6.07) is 7.16. The van der Waals surface area contributed by atoms with Crippen molar-refractivity contribution in [1.82, 2.24) is 19.3 Å². The smallest absolute Gasteiger partial charge is 0.270 e. The first-order valence-corrected chi connectivity index (χ1v) is 11.1. The van der Waals surface area contributed by atoms with Gasteiger partial charge in [0.1, 0.15) is 16.3 Å². The maximum atomic E-state index is 13.0. The van der Waals surface area contributed by atoms with Gasteiger partial charge in [0.05, 0.1) is 0 Å². The molecule has 0 unspecified atom stereocenters. The number of nitrogens with zero attached hydrogens (tertiary/aromatic N) is 3. The summed E-state index contributed by atoms with van der Waals surface area (Å²) in [7, 11) is -3.73. The summed E-state index contributed by atoms with van der Waals surface area (Å²) in [6.45, 7) is 4.52.